The maximum absolute atomic E-state index is 13.8. The van der Waals surface area contributed by atoms with Crippen molar-refractivity contribution in [1.29, 1.82) is 0 Å². The van der Waals surface area contributed by atoms with Crippen LogP contribution in [0.1, 0.15) is 6.92 Å². The van der Waals surface area contributed by atoms with Crippen molar-refractivity contribution < 1.29 is 17.9 Å². The molecule has 1 aromatic carbocycles. The number of hydrogen-bond acceptors (Lipinski definition) is 4. The predicted molar refractivity (Wildman–Crippen MR) is 75.9 cm³/mol. The van der Waals surface area contributed by atoms with Crippen molar-refractivity contribution in [3.8, 4) is 0 Å². The van der Waals surface area contributed by atoms with E-state index in [1.54, 1.807) is 13.0 Å². The summed E-state index contributed by atoms with van der Waals surface area (Å²) in [6, 6.07) is 5.70. The van der Waals surface area contributed by atoms with Gasteiger partial charge in [0.2, 0.25) is 0 Å². The Kier molecular flexibility index (Phi) is 4.59. The zero-order valence-electron chi connectivity index (χ0n) is 11.5. The van der Waals surface area contributed by atoms with Gasteiger partial charge in [0.15, 0.2) is 0 Å². The van der Waals surface area contributed by atoms with Gasteiger partial charge < -0.3 is 5.11 Å². The second-order valence-electron chi connectivity index (χ2n) is 4.28. The fourth-order valence-corrected chi connectivity index (χ4v) is 3.39. The highest BCUT2D eigenvalue weighted by Gasteiger charge is 2.26. The molecule has 0 radical (unpaired) electrons. The normalized spacial score (nSPS) is 11.6. The molecule has 0 unspecified atom stereocenters. The lowest BCUT2D eigenvalue weighted by Crippen LogP contribution is -2.31. The standard InChI is InChI=1S/C13H16FN3O3S/c1-2-17(13-6-4-3-5-12(13)14)21(19,20)11-9-15-16(10-11)7-8-18/h3-6,9-10,18H,2,7-8H2,1H3. The number of halogens is 1. The van der Waals surface area contributed by atoms with Crippen LogP contribution in [0.5, 0.6) is 0 Å². The van der Waals surface area contributed by atoms with Gasteiger partial charge in [-0.1, -0.05) is 12.1 Å². The van der Waals surface area contributed by atoms with Crippen LogP contribution in [-0.2, 0) is 16.6 Å². The van der Waals surface area contributed by atoms with Crippen LogP contribution < -0.4 is 4.31 Å². The van der Waals surface area contributed by atoms with Gasteiger partial charge >= 0.3 is 0 Å². The summed E-state index contributed by atoms with van der Waals surface area (Å²) in [6.07, 6.45) is 2.50. The van der Waals surface area contributed by atoms with E-state index in [4.69, 9.17) is 5.11 Å². The van der Waals surface area contributed by atoms with E-state index in [2.05, 4.69) is 5.10 Å². The fourth-order valence-electron chi connectivity index (χ4n) is 1.95. The van der Waals surface area contributed by atoms with Crippen LogP contribution in [-0.4, -0.2) is 36.5 Å². The van der Waals surface area contributed by atoms with Gasteiger partial charge in [-0.3, -0.25) is 8.99 Å². The Morgan fingerprint density at radius 2 is 2.10 bits per heavy atom. The average Bonchev–Trinajstić information content (AvgIpc) is 2.91. The molecule has 6 nitrogen and oxygen atoms in total. The minimum Gasteiger partial charge on any atom is -0.394 e. The Labute approximate surface area is 122 Å². The quantitative estimate of drug-likeness (QED) is 0.870. The van der Waals surface area contributed by atoms with Gasteiger partial charge in [0.1, 0.15) is 10.7 Å². The van der Waals surface area contributed by atoms with Crippen molar-refractivity contribution in [2.75, 3.05) is 17.5 Å². The third-order valence-corrected chi connectivity index (χ3v) is 4.78. The highest BCUT2D eigenvalue weighted by atomic mass is 32.2. The molecule has 21 heavy (non-hydrogen) atoms. The van der Waals surface area contributed by atoms with E-state index >= 15 is 0 Å². The van der Waals surface area contributed by atoms with Gasteiger partial charge in [0.25, 0.3) is 10.0 Å². The Hall–Kier alpha value is -1.93. The molecule has 0 aliphatic carbocycles. The molecule has 0 spiro atoms. The first kappa shape index (κ1) is 15.5. The summed E-state index contributed by atoms with van der Waals surface area (Å²) in [5.41, 5.74) is -0.00471. The van der Waals surface area contributed by atoms with Crippen LogP contribution in [0.2, 0.25) is 0 Å². The third kappa shape index (κ3) is 3.06. The molecule has 0 saturated carbocycles. The number of nitrogens with zero attached hydrogens (tertiary/aromatic N) is 3. The molecule has 0 saturated heterocycles. The summed E-state index contributed by atoms with van der Waals surface area (Å²) < 4.78 is 41.3. The summed E-state index contributed by atoms with van der Waals surface area (Å²) in [6.45, 7) is 1.77. The number of rotatable bonds is 6. The summed E-state index contributed by atoms with van der Waals surface area (Å²) in [5, 5.41) is 12.7. The minimum absolute atomic E-state index is 0.00471. The van der Waals surface area contributed by atoms with Crippen molar-refractivity contribution in [3.63, 3.8) is 0 Å². The van der Waals surface area contributed by atoms with Crippen LogP contribution in [0.4, 0.5) is 10.1 Å². The highest BCUT2D eigenvalue weighted by molar-refractivity contribution is 7.92. The number of aliphatic hydroxyl groups excluding tert-OH is 1. The fraction of sp³-hybridized carbons (Fsp3) is 0.308. The summed E-state index contributed by atoms with van der Waals surface area (Å²) in [7, 11) is -3.90. The zero-order valence-corrected chi connectivity index (χ0v) is 12.3. The van der Waals surface area contributed by atoms with Gasteiger partial charge in [-0.05, 0) is 19.1 Å². The van der Waals surface area contributed by atoms with Gasteiger partial charge in [-0.2, -0.15) is 5.10 Å². The van der Waals surface area contributed by atoms with Gasteiger partial charge in [0.05, 0.1) is 25.0 Å². The Balaban J connectivity index is 2.42. The van der Waals surface area contributed by atoms with E-state index in [0.29, 0.717) is 0 Å². The second kappa shape index (κ2) is 6.23. The van der Waals surface area contributed by atoms with Gasteiger partial charge in [0, 0.05) is 12.7 Å². The lowest BCUT2D eigenvalue weighted by Gasteiger charge is -2.22. The lowest BCUT2D eigenvalue weighted by atomic mass is 10.3. The lowest BCUT2D eigenvalue weighted by molar-refractivity contribution is 0.269. The molecule has 1 aromatic heterocycles. The maximum atomic E-state index is 13.8. The number of anilines is 1. The van der Waals surface area contributed by atoms with Crippen LogP contribution in [0.25, 0.3) is 0 Å². The average molecular weight is 313 g/mol. The molecule has 0 amide bonds. The third-order valence-electron chi connectivity index (χ3n) is 2.94. The molecule has 1 heterocycles. The SMILES string of the molecule is CCN(c1ccccc1F)S(=O)(=O)c1cnn(CCO)c1. The first-order valence-electron chi connectivity index (χ1n) is 6.41. The van der Waals surface area contributed by atoms with Crippen molar-refractivity contribution in [2.24, 2.45) is 0 Å². The smallest absolute Gasteiger partial charge is 0.267 e. The first-order valence-corrected chi connectivity index (χ1v) is 7.85. The number of para-hydroxylation sites is 1. The van der Waals surface area contributed by atoms with Gasteiger partial charge in [-0.25, -0.2) is 12.8 Å². The largest absolute Gasteiger partial charge is 0.394 e. The Morgan fingerprint density at radius 3 is 2.71 bits per heavy atom. The van der Waals surface area contributed by atoms with E-state index in [1.165, 1.54) is 35.3 Å². The second-order valence-corrected chi connectivity index (χ2v) is 6.15. The molecule has 0 fully saturated rings. The van der Waals surface area contributed by atoms with Crippen LogP contribution in [0.3, 0.4) is 0 Å². The van der Waals surface area contributed by atoms with Crippen LogP contribution >= 0.6 is 0 Å². The molecule has 0 aliphatic rings. The van der Waals surface area contributed by atoms with Crippen molar-refractivity contribution >= 4 is 15.7 Å². The number of aromatic nitrogens is 2. The van der Waals surface area contributed by atoms with Gasteiger partial charge in [-0.15, -0.1) is 0 Å². The molecular weight excluding hydrogens is 297 g/mol. The monoisotopic (exact) mass is 313 g/mol. The van der Waals surface area contributed by atoms with E-state index < -0.39 is 15.8 Å². The summed E-state index contributed by atoms with van der Waals surface area (Å²) in [4.78, 5) is -0.0407. The zero-order chi connectivity index (χ0) is 15.5. The maximum Gasteiger partial charge on any atom is 0.267 e. The molecule has 2 rings (SSSR count). The molecule has 2 aromatic rings. The Morgan fingerprint density at radius 1 is 1.38 bits per heavy atom. The molecule has 8 heteroatoms. The predicted octanol–water partition coefficient (Wildman–Crippen LogP) is 1.23. The summed E-state index contributed by atoms with van der Waals surface area (Å²) in [5.74, 6) is -0.606. The highest BCUT2D eigenvalue weighted by Crippen LogP contribution is 2.25. The van der Waals surface area contributed by atoms with E-state index in [9.17, 15) is 12.8 Å². The Bertz CT molecular complexity index is 715. The van der Waals surface area contributed by atoms with Crippen molar-refractivity contribution in [2.45, 2.75) is 18.4 Å². The number of sulfonamides is 1. The number of hydrogen-bond donors (Lipinski definition) is 1. The van der Waals surface area contributed by atoms with E-state index in [-0.39, 0.29) is 30.3 Å². The molecule has 0 atom stereocenters. The topological polar surface area (TPSA) is 75.4 Å². The minimum atomic E-state index is -3.90. The van der Waals surface area contributed by atoms with E-state index in [0.717, 1.165) is 4.31 Å². The molecular formula is C13H16FN3O3S. The summed E-state index contributed by atoms with van der Waals surface area (Å²) >= 11 is 0. The molecule has 0 aliphatic heterocycles. The van der Waals surface area contributed by atoms with Crippen LogP contribution in [0, 0.1) is 5.82 Å². The molecule has 0 bridgehead atoms. The van der Waals surface area contributed by atoms with Crippen LogP contribution in [0.15, 0.2) is 41.6 Å². The van der Waals surface area contributed by atoms with E-state index in [1.807, 2.05) is 0 Å². The van der Waals surface area contributed by atoms with Crippen molar-refractivity contribution in [1.82, 2.24) is 9.78 Å². The molecule has 1 N–H and O–H groups in total. The number of benzene rings is 1. The molecule has 114 valence electrons. The first-order chi connectivity index (χ1) is 10.0. The van der Waals surface area contributed by atoms with Crippen molar-refractivity contribution in [3.05, 3.63) is 42.5 Å². The number of aliphatic hydroxyl groups is 1.